The number of hydrogen-bond donors (Lipinski definition) is 1. The van der Waals surface area contributed by atoms with Crippen LogP contribution in [0.2, 0.25) is 0 Å². The second-order valence-corrected chi connectivity index (χ2v) is 5.86. The van der Waals surface area contributed by atoms with Crippen LogP contribution in [-0.4, -0.2) is 22.9 Å². The van der Waals surface area contributed by atoms with Crippen LogP contribution in [0.4, 0.5) is 0 Å². The van der Waals surface area contributed by atoms with Crippen molar-refractivity contribution in [3.63, 3.8) is 0 Å². The van der Waals surface area contributed by atoms with Crippen LogP contribution >= 0.6 is 0 Å². The van der Waals surface area contributed by atoms with Gasteiger partial charge < -0.3 is 5.32 Å². The third-order valence-electron chi connectivity index (χ3n) is 3.48. The predicted molar refractivity (Wildman–Crippen MR) is 66.8 cm³/mol. The maximum atomic E-state index is 4.45. The van der Waals surface area contributed by atoms with Crippen molar-refractivity contribution in [2.75, 3.05) is 13.1 Å². The average Bonchev–Trinajstić information content (AvgIpc) is 2.61. The molecule has 2 rings (SSSR count). The first kappa shape index (κ1) is 11.6. The molecule has 0 aliphatic carbocycles. The van der Waals surface area contributed by atoms with E-state index in [0.29, 0.717) is 5.92 Å². The molecule has 0 saturated carbocycles. The SMILES string of the molecule is Cn1ncc(C(C)(C)C)c1C1CCCNC1. The lowest BCUT2D eigenvalue weighted by Crippen LogP contribution is -2.31. The fraction of sp³-hybridized carbons (Fsp3) is 0.769. The highest BCUT2D eigenvalue weighted by Gasteiger charge is 2.27. The van der Waals surface area contributed by atoms with Gasteiger partial charge in [-0.1, -0.05) is 20.8 Å². The van der Waals surface area contributed by atoms with Crippen LogP contribution in [0.3, 0.4) is 0 Å². The van der Waals surface area contributed by atoms with E-state index in [1.165, 1.54) is 30.6 Å². The molecular weight excluding hydrogens is 198 g/mol. The number of hydrogen-bond acceptors (Lipinski definition) is 2. The lowest BCUT2D eigenvalue weighted by molar-refractivity contribution is 0.432. The molecular formula is C13H23N3. The number of rotatable bonds is 1. The van der Waals surface area contributed by atoms with Crippen molar-refractivity contribution >= 4 is 0 Å². The highest BCUT2D eigenvalue weighted by atomic mass is 15.3. The zero-order chi connectivity index (χ0) is 11.8. The van der Waals surface area contributed by atoms with E-state index < -0.39 is 0 Å². The monoisotopic (exact) mass is 221 g/mol. The van der Waals surface area contributed by atoms with E-state index in [1.54, 1.807) is 0 Å². The van der Waals surface area contributed by atoms with Crippen molar-refractivity contribution in [2.45, 2.75) is 44.9 Å². The fourth-order valence-corrected chi connectivity index (χ4v) is 2.59. The molecule has 1 unspecified atom stereocenters. The van der Waals surface area contributed by atoms with Crippen molar-refractivity contribution in [2.24, 2.45) is 7.05 Å². The van der Waals surface area contributed by atoms with Gasteiger partial charge in [0.05, 0.1) is 6.20 Å². The van der Waals surface area contributed by atoms with E-state index in [-0.39, 0.29) is 5.41 Å². The molecule has 0 bridgehead atoms. The predicted octanol–water partition coefficient (Wildman–Crippen LogP) is 2.18. The maximum Gasteiger partial charge on any atom is 0.0530 e. The van der Waals surface area contributed by atoms with Gasteiger partial charge in [-0.25, -0.2) is 0 Å². The summed E-state index contributed by atoms with van der Waals surface area (Å²) in [5, 5.41) is 7.93. The molecule has 3 nitrogen and oxygen atoms in total. The Hall–Kier alpha value is -0.830. The number of aromatic nitrogens is 2. The van der Waals surface area contributed by atoms with Gasteiger partial charge in [0.15, 0.2) is 0 Å². The Kier molecular flexibility index (Phi) is 3.06. The van der Waals surface area contributed by atoms with Crippen LogP contribution in [0, 0.1) is 0 Å². The molecule has 90 valence electrons. The van der Waals surface area contributed by atoms with Crippen LogP contribution in [0.1, 0.15) is 50.8 Å². The molecule has 16 heavy (non-hydrogen) atoms. The van der Waals surface area contributed by atoms with E-state index in [9.17, 15) is 0 Å². The summed E-state index contributed by atoms with van der Waals surface area (Å²) in [5.41, 5.74) is 3.03. The second-order valence-electron chi connectivity index (χ2n) is 5.86. The van der Waals surface area contributed by atoms with Crippen LogP contribution in [0.15, 0.2) is 6.20 Å². The first-order valence-corrected chi connectivity index (χ1v) is 6.23. The molecule has 1 N–H and O–H groups in total. The smallest absolute Gasteiger partial charge is 0.0530 e. The molecule has 1 aromatic heterocycles. The summed E-state index contributed by atoms with van der Waals surface area (Å²) in [7, 11) is 2.07. The standard InChI is InChI=1S/C13H23N3/c1-13(2,3)11-9-15-16(4)12(11)10-6-5-7-14-8-10/h9-10,14H,5-8H2,1-4H3. The zero-order valence-electron chi connectivity index (χ0n) is 10.9. The molecule has 1 saturated heterocycles. The largest absolute Gasteiger partial charge is 0.316 e. The molecule has 1 atom stereocenters. The number of nitrogens with zero attached hydrogens (tertiary/aromatic N) is 2. The minimum atomic E-state index is 0.195. The summed E-state index contributed by atoms with van der Waals surface area (Å²) in [5.74, 6) is 0.635. The third-order valence-corrected chi connectivity index (χ3v) is 3.48. The van der Waals surface area contributed by atoms with Crippen molar-refractivity contribution in [3.05, 3.63) is 17.5 Å². The van der Waals surface area contributed by atoms with E-state index in [1.807, 2.05) is 6.20 Å². The molecule has 0 spiro atoms. The average molecular weight is 221 g/mol. The molecule has 1 fully saturated rings. The fourth-order valence-electron chi connectivity index (χ4n) is 2.59. The lowest BCUT2D eigenvalue weighted by atomic mass is 9.82. The Balaban J connectivity index is 2.34. The van der Waals surface area contributed by atoms with Gasteiger partial charge in [-0.3, -0.25) is 4.68 Å². The molecule has 0 radical (unpaired) electrons. The molecule has 1 aromatic rings. The van der Waals surface area contributed by atoms with Gasteiger partial charge in [0, 0.05) is 25.2 Å². The van der Waals surface area contributed by atoms with Gasteiger partial charge >= 0.3 is 0 Å². The molecule has 2 heterocycles. The van der Waals surface area contributed by atoms with E-state index in [4.69, 9.17) is 0 Å². The Morgan fingerprint density at radius 1 is 1.44 bits per heavy atom. The van der Waals surface area contributed by atoms with Crippen molar-refractivity contribution in [3.8, 4) is 0 Å². The molecule has 0 aromatic carbocycles. The number of aryl methyl sites for hydroxylation is 1. The normalized spacial score (nSPS) is 22.4. The first-order valence-electron chi connectivity index (χ1n) is 6.23. The molecule has 1 aliphatic heterocycles. The van der Waals surface area contributed by atoms with Crippen molar-refractivity contribution in [1.82, 2.24) is 15.1 Å². The Labute approximate surface area is 98.2 Å². The van der Waals surface area contributed by atoms with Gasteiger partial charge in [-0.15, -0.1) is 0 Å². The van der Waals surface area contributed by atoms with E-state index in [2.05, 4.69) is 42.9 Å². The summed E-state index contributed by atoms with van der Waals surface area (Å²) in [6, 6.07) is 0. The van der Waals surface area contributed by atoms with Gasteiger partial charge in [0.2, 0.25) is 0 Å². The number of nitrogens with one attached hydrogen (secondary N) is 1. The molecule has 0 amide bonds. The molecule has 3 heteroatoms. The highest BCUT2D eigenvalue weighted by Crippen LogP contribution is 2.32. The van der Waals surface area contributed by atoms with E-state index in [0.717, 1.165) is 6.54 Å². The lowest BCUT2D eigenvalue weighted by Gasteiger charge is -2.27. The summed E-state index contributed by atoms with van der Waals surface area (Å²) < 4.78 is 2.07. The van der Waals surface area contributed by atoms with Gasteiger partial charge in [-0.05, 0) is 30.4 Å². The Bertz CT molecular complexity index is 354. The van der Waals surface area contributed by atoms with Crippen LogP contribution in [0.5, 0.6) is 0 Å². The van der Waals surface area contributed by atoms with Crippen LogP contribution in [0.25, 0.3) is 0 Å². The summed E-state index contributed by atoms with van der Waals surface area (Å²) >= 11 is 0. The van der Waals surface area contributed by atoms with Crippen LogP contribution in [-0.2, 0) is 12.5 Å². The van der Waals surface area contributed by atoms with Gasteiger partial charge in [0.1, 0.15) is 0 Å². The highest BCUT2D eigenvalue weighted by molar-refractivity contribution is 5.29. The van der Waals surface area contributed by atoms with E-state index >= 15 is 0 Å². The first-order chi connectivity index (χ1) is 7.50. The summed E-state index contributed by atoms with van der Waals surface area (Å²) in [4.78, 5) is 0. The quantitative estimate of drug-likeness (QED) is 0.788. The topological polar surface area (TPSA) is 29.9 Å². The van der Waals surface area contributed by atoms with Gasteiger partial charge in [-0.2, -0.15) is 5.10 Å². The zero-order valence-corrected chi connectivity index (χ0v) is 10.9. The second kappa shape index (κ2) is 4.21. The summed E-state index contributed by atoms with van der Waals surface area (Å²) in [6.45, 7) is 9.07. The minimum Gasteiger partial charge on any atom is -0.316 e. The molecule has 1 aliphatic rings. The maximum absolute atomic E-state index is 4.45. The Morgan fingerprint density at radius 2 is 2.19 bits per heavy atom. The van der Waals surface area contributed by atoms with Gasteiger partial charge in [0.25, 0.3) is 0 Å². The summed E-state index contributed by atoms with van der Waals surface area (Å²) in [6.07, 6.45) is 4.61. The van der Waals surface area contributed by atoms with Crippen molar-refractivity contribution < 1.29 is 0 Å². The Morgan fingerprint density at radius 3 is 2.75 bits per heavy atom. The number of piperidine rings is 1. The minimum absolute atomic E-state index is 0.195. The van der Waals surface area contributed by atoms with Crippen LogP contribution < -0.4 is 5.32 Å². The van der Waals surface area contributed by atoms with Crippen molar-refractivity contribution in [1.29, 1.82) is 0 Å². The third kappa shape index (κ3) is 2.14.